The van der Waals surface area contributed by atoms with Gasteiger partial charge >= 0.3 is 0 Å². The van der Waals surface area contributed by atoms with Crippen molar-refractivity contribution in [1.82, 2.24) is 20.1 Å². The molecule has 1 aromatic heterocycles. The van der Waals surface area contributed by atoms with E-state index in [0.29, 0.717) is 12.0 Å². The number of nitrogens with one attached hydrogen (secondary N) is 1. The number of carbonyl (C=O) groups is 1. The van der Waals surface area contributed by atoms with E-state index in [0.717, 1.165) is 66.8 Å². The summed E-state index contributed by atoms with van der Waals surface area (Å²) in [7, 11) is 0. The number of piperazine rings is 1. The zero-order valence-corrected chi connectivity index (χ0v) is 17.6. The molecule has 2 saturated heterocycles. The highest BCUT2D eigenvalue weighted by Gasteiger charge is 2.35. The summed E-state index contributed by atoms with van der Waals surface area (Å²) in [6, 6.07) is 10.7. The summed E-state index contributed by atoms with van der Waals surface area (Å²) < 4.78 is 0. The molecular formula is C21H27ClN4OS. The molecule has 3 aliphatic rings. The number of benzene rings is 1. The summed E-state index contributed by atoms with van der Waals surface area (Å²) in [5.41, 5.74) is 1.94. The lowest BCUT2D eigenvalue weighted by atomic mass is 10.1. The van der Waals surface area contributed by atoms with Crippen molar-refractivity contribution in [3.05, 3.63) is 40.2 Å². The summed E-state index contributed by atoms with van der Waals surface area (Å²) in [6.07, 6.45) is 3.51. The lowest BCUT2D eigenvalue weighted by Crippen LogP contribution is -2.49. The van der Waals surface area contributed by atoms with E-state index in [1.54, 1.807) is 11.3 Å². The average molecular weight is 419 g/mol. The summed E-state index contributed by atoms with van der Waals surface area (Å²) in [5.74, 6) is 0.752. The lowest BCUT2D eigenvalue weighted by molar-refractivity contribution is 0.0778. The molecular weight excluding hydrogens is 392 g/mol. The van der Waals surface area contributed by atoms with E-state index in [-0.39, 0.29) is 18.3 Å². The van der Waals surface area contributed by atoms with E-state index in [1.165, 1.54) is 12.8 Å². The maximum absolute atomic E-state index is 13.4. The fourth-order valence-corrected chi connectivity index (χ4v) is 5.42. The van der Waals surface area contributed by atoms with E-state index < -0.39 is 0 Å². The van der Waals surface area contributed by atoms with Gasteiger partial charge in [-0.15, -0.1) is 23.7 Å². The monoisotopic (exact) mass is 418 g/mol. The van der Waals surface area contributed by atoms with Gasteiger partial charge in [0.2, 0.25) is 0 Å². The maximum Gasteiger partial charge on any atom is 0.266 e. The normalized spacial score (nSPS) is 22.9. The number of halogens is 1. The van der Waals surface area contributed by atoms with Crippen molar-refractivity contribution < 1.29 is 4.79 Å². The van der Waals surface area contributed by atoms with Gasteiger partial charge in [-0.05, 0) is 19.3 Å². The molecule has 1 N–H and O–H groups in total. The van der Waals surface area contributed by atoms with Gasteiger partial charge in [-0.1, -0.05) is 30.3 Å². The number of nitrogens with zero attached hydrogens (tertiary/aromatic N) is 3. The van der Waals surface area contributed by atoms with Crippen LogP contribution in [0.3, 0.4) is 0 Å². The Hall–Kier alpha value is -1.47. The number of rotatable bonds is 4. The lowest BCUT2D eigenvalue weighted by Gasteiger charge is -2.32. The van der Waals surface area contributed by atoms with Gasteiger partial charge in [-0.3, -0.25) is 9.69 Å². The standard InChI is InChI=1S/C21H26N4OS.ClH/c26-21(25-11-8-17(14-25)24-12-9-22-10-13-24)19-18(15-4-2-1-3-5-15)23-20(27-19)16-6-7-16;/h1-5,16-17,22H,6-14H2;1H. The van der Waals surface area contributed by atoms with Crippen molar-refractivity contribution in [2.45, 2.75) is 31.2 Å². The quantitative estimate of drug-likeness (QED) is 0.828. The van der Waals surface area contributed by atoms with E-state index in [4.69, 9.17) is 4.98 Å². The molecule has 0 radical (unpaired) electrons. The molecule has 0 bridgehead atoms. The SMILES string of the molecule is Cl.O=C(c1sc(C2CC2)nc1-c1ccccc1)N1CCC(N2CCNCC2)C1. The number of aromatic nitrogens is 1. The summed E-state index contributed by atoms with van der Waals surface area (Å²) >= 11 is 1.63. The molecule has 5 nitrogen and oxygen atoms in total. The molecule has 2 aromatic rings. The van der Waals surface area contributed by atoms with Gasteiger partial charge < -0.3 is 10.2 Å². The number of likely N-dealkylation sites (tertiary alicyclic amines) is 1. The summed E-state index contributed by atoms with van der Waals surface area (Å²) in [6.45, 7) is 6.01. The minimum atomic E-state index is 0. The Labute approximate surface area is 176 Å². The first kappa shape index (κ1) is 19.8. The summed E-state index contributed by atoms with van der Waals surface area (Å²) in [5, 5.41) is 4.56. The first-order chi connectivity index (χ1) is 13.3. The van der Waals surface area contributed by atoms with Gasteiger partial charge in [0.1, 0.15) is 4.88 Å². The number of amides is 1. The van der Waals surface area contributed by atoms with Crippen LogP contribution in [-0.2, 0) is 0 Å². The number of carbonyl (C=O) groups excluding carboxylic acids is 1. The Morgan fingerprint density at radius 3 is 2.54 bits per heavy atom. The van der Waals surface area contributed by atoms with E-state index >= 15 is 0 Å². The van der Waals surface area contributed by atoms with Crippen LogP contribution in [0.5, 0.6) is 0 Å². The van der Waals surface area contributed by atoms with Gasteiger partial charge in [0.05, 0.1) is 10.7 Å². The number of hydrogen-bond acceptors (Lipinski definition) is 5. The van der Waals surface area contributed by atoms with E-state index in [9.17, 15) is 4.79 Å². The van der Waals surface area contributed by atoms with Gasteiger partial charge in [0.15, 0.2) is 0 Å². The molecule has 0 spiro atoms. The third-order valence-corrected chi connectivity index (χ3v) is 7.14. The fourth-order valence-electron chi connectivity index (χ4n) is 4.19. The molecule has 3 heterocycles. The van der Waals surface area contributed by atoms with Crippen LogP contribution in [0, 0.1) is 0 Å². The van der Waals surface area contributed by atoms with Gasteiger partial charge in [-0.2, -0.15) is 0 Å². The van der Waals surface area contributed by atoms with Crippen molar-refractivity contribution in [1.29, 1.82) is 0 Å². The molecule has 5 rings (SSSR count). The Morgan fingerprint density at radius 1 is 1.07 bits per heavy atom. The predicted octanol–water partition coefficient (Wildman–Crippen LogP) is 3.23. The third-order valence-electron chi connectivity index (χ3n) is 5.93. The van der Waals surface area contributed by atoms with Crippen molar-refractivity contribution in [2.24, 2.45) is 0 Å². The fraction of sp³-hybridized carbons (Fsp3) is 0.524. The van der Waals surface area contributed by atoms with Crippen LogP contribution in [0.2, 0.25) is 0 Å². The topological polar surface area (TPSA) is 48.5 Å². The second kappa shape index (κ2) is 8.49. The second-order valence-corrected chi connectivity index (χ2v) is 8.88. The maximum atomic E-state index is 13.4. The molecule has 1 unspecified atom stereocenters. The van der Waals surface area contributed by atoms with Gasteiger partial charge in [0.25, 0.3) is 5.91 Å². The molecule has 3 fully saturated rings. The zero-order valence-electron chi connectivity index (χ0n) is 16.0. The van der Waals surface area contributed by atoms with Crippen LogP contribution in [0.25, 0.3) is 11.3 Å². The molecule has 2 aliphatic heterocycles. The van der Waals surface area contributed by atoms with Crippen LogP contribution in [0.1, 0.15) is 39.9 Å². The van der Waals surface area contributed by atoms with Crippen LogP contribution >= 0.6 is 23.7 Å². The zero-order chi connectivity index (χ0) is 18.2. The minimum Gasteiger partial charge on any atom is -0.336 e. The summed E-state index contributed by atoms with van der Waals surface area (Å²) in [4.78, 5) is 23.7. The Kier molecular flexibility index (Phi) is 6.01. The molecule has 28 heavy (non-hydrogen) atoms. The highest BCUT2D eigenvalue weighted by Crippen LogP contribution is 2.44. The van der Waals surface area contributed by atoms with E-state index in [2.05, 4.69) is 27.2 Å². The molecule has 1 aliphatic carbocycles. The number of hydrogen-bond donors (Lipinski definition) is 1. The second-order valence-electron chi connectivity index (χ2n) is 7.85. The number of thiazole rings is 1. The molecule has 1 saturated carbocycles. The first-order valence-corrected chi connectivity index (χ1v) is 10.9. The minimum absolute atomic E-state index is 0. The van der Waals surface area contributed by atoms with Crippen molar-refractivity contribution in [3.63, 3.8) is 0 Å². The molecule has 7 heteroatoms. The molecule has 1 amide bonds. The Bertz CT molecular complexity index is 817. The van der Waals surface area contributed by atoms with Crippen LogP contribution in [0.15, 0.2) is 30.3 Å². The Balaban J connectivity index is 0.00000192. The first-order valence-electron chi connectivity index (χ1n) is 10.1. The third kappa shape index (κ3) is 3.96. The van der Waals surface area contributed by atoms with E-state index in [1.807, 2.05) is 18.2 Å². The van der Waals surface area contributed by atoms with Crippen molar-refractivity contribution in [3.8, 4) is 11.3 Å². The smallest absolute Gasteiger partial charge is 0.266 e. The highest BCUT2D eigenvalue weighted by molar-refractivity contribution is 7.14. The predicted molar refractivity (Wildman–Crippen MR) is 116 cm³/mol. The molecule has 150 valence electrons. The van der Waals surface area contributed by atoms with Gasteiger partial charge in [-0.25, -0.2) is 4.98 Å². The molecule has 1 aromatic carbocycles. The largest absolute Gasteiger partial charge is 0.336 e. The van der Waals surface area contributed by atoms with Crippen LogP contribution in [-0.4, -0.2) is 66.0 Å². The van der Waals surface area contributed by atoms with Crippen molar-refractivity contribution >= 4 is 29.7 Å². The van der Waals surface area contributed by atoms with Crippen molar-refractivity contribution in [2.75, 3.05) is 39.3 Å². The highest BCUT2D eigenvalue weighted by atomic mass is 35.5. The van der Waals surface area contributed by atoms with Crippen LogP contribution in [0.4, 0.5) is 0 Å². The van der Waals surface area contributed by atoms with Crippen LogP contribution < -0.4 is 5.32 Å². The van der Waals surface area contributed by atoms with Gasteiger partial charge in [0, 0.05) is 56.8 Å². The average Bonchev–Trinajstić information content (AvgIpc) is 3.29. The molecule has 1 atom stereocenters. The Morgan fingerprint density at radius 2 is 1.82 bits per heavy atom.